The van der Waals surface area contributed by atoms with Crippen molar-refractivity contribution < 1.29 is 9.53 Å². The second kappa shape index (κ2) is 10.3. The number of carbonyl (C=O) groups is 1. The highest BCUT2D eigenvalue weighted by atomic mass is 16.5. The van der Waals surface area contributed by atoms with E-state index >= 15 is 0 Å². The molecule has 2 fully saturated rings. The molecule has 2 heterocycles. The predicted octanol–water partition coefficient (Wildman–Crippen LogP) is 3.43. The zero-order chi connectivity index (χ0) is 21.5. The molecule has 0 aliphatic carbocycles. The van der Waals surface area contributed by atoms with E-state index in [-0.39, 0.29) is 12.0 Å². The van der Waals surface area contributed by atoms with E-state index < -0.39 is 0 Å². The van der Waals surface area contributed by atoms with Crippen LogP contribution in [0.4, 0.5) is 0 Å². The van der Waals surface area contributed by atoms with E-state index in [0.717, 1.165) is 57.2 Å². The number of ether oxygens (including phenoxy) is 1. The van der Waals surface area contributed by atoms with Crippen LogP contribution in [0.3, 0.4) is 0 Å². The fourth-order valence-corrected chi connectivity index (χ4v) is 4.24. The third-order valence-corrected chi connectivity index (χ3v) is 6.02. The number of likely N-dealkylation sites (tertiary alicyclic amines) is 2. The quantitative estimate of drug-likeness (QED) is 0.575. The molecular formula is C25H32N4O2. The average molecular weight is 421 g/mol. The Labute approximate surface area is 184 Å². The Morgan fingerprint density at radius 2 is 1.74 bits per heavy atom. The topological polar surface area (TPSA) is 57.2 Å². The van der Waals surface area contributed by atoms with Gasteiger partial charge in [-0.3, -0.25) is 9.79 Å². The summed E-state index contributed by atoms with van der Waals surface area (Å²) < 4.78 is 6.10. The number of piperidine rings is 1. The van der Waals surface area contributed by atoms with Gasteiger partial charge >= 0.3 is 0 Å². The molecule has 6 nitrogen and oxygen atoms in total. The van der Waals surface area contributed by atoms with Gasteiger partial charge in [0.15, 0.2) is 5.96 Å². The van der Waals surface area contributed by atoms with Gasteiger partial charge in [-0.2, -0.15) is 0 Å². The number of carbonyl (C=O) groups excluding carboxylic acids is 1. The number of amides is 1. The van der Waals surface area contributed by atoms with Crippen LogP contribution in [0.15, 0.2) is 59.6 Å². The minimum atomic E-state index is 0.256. The summed E-state index contributed by atoms with van der Waals surface area (Å²) in [6, 6.07) is 18.6. The largest absolute Gasteiger partial charge is 0.490 e. The summed E-state index contributed by atoms with van der Waals surface area (Å²) in [6.45, 7) is 4.19. The first-order valence-electron chi connectivity index (χ1n) is 11.2. The highest BCUT2D eigenvalue weighted by molar-refractivity contribution is 5.80. The van der Waals surface area contributed by atoms with E-state index in [4.69, 9.17) is 4.74 Å². The number of benzene rings is 2. The lowest BCUT2D eigenvalue weighted by Gasteiger charge is -2.34. The summed E-state index contributed by atoms with van der Waals surface area (Å²) in [6.07, 6.45) is 3.90. The van der Waals surface area contributed by atoms with E-state index in [1.807, 2.05) is 42.3 Å². The average Bonchev–Trinajstić information content (AvgIpc) is 3.21. The highest BCUT2D eigenvalue weighted by Gasteiger charge is 2.23. The first-order chi connectivity index (χ1) is 15.2. The van der Waals surface area contributed by atoms with Crippen molar-refractivity contribution in [1.82, 2.24) is 15.1 Å². The molecule has 164 valence electrons. The maximum atomic E-state index is 11.8. The third-order valence-electron chi connectivity index (χ3n) is 6.02. The highest BCUT2D eigenvalue weighted by Crippen LogP contribution is 2.19. The summed E-state index contributed by atoms with van der Waals surface area (Å²) in [5.74, 6) is 2.15. The van der Waals surface area contributed by atoms with Gasteiger partial charge in [0, 0.05) is 59.0 Å². The number of guanidine groups is 1. The smallest absolute Gasteiger partial charge is 0.222 e. The Bertz CT molecular complexity index is 874. The van der Waals surface area contributed by atoms with Gasteiger partial charge in [-0.15, -0.1) is 0 Å². The minimum absolute atomic E-state index is 0.256. The van der Waals surface area contributed by atoms with Crippen LogP contribution in [0.2, 0.25) is 0 Å². The summed E-state index contributed by atoms with van der Waals surface area (Å²) in [4.78, 5) is 20.5. The lowest BCUT2D eigenvalue weighted by molar-refractivity contribution is -0.128. The molecule has 0 unspecified atom stereocenters. The van der Waals surface area contributed by atoms with Gasteiger partial charge < -0.3 is 19.9 Å². The minimum Gasteiger partial charge on any atom is -0.490 e. The summed E-state index contributed by atoms with van der Waals surface area (Å²) in [5.41, 5.74) is 2.39. The Hall–Kier alpha value is -3.02. The van der Waals surface area contributed by atoms with E-state index in [1.165, 1.54) is 11.1 Å². The molecule has 31 heavy (non-hydrogen) atoms. The van der Waals surface area contributed by atoms with Crippen LogP contribution >= 0.6 is 0 Å². The fraction of sp³-hybridized carbons (Fsp3) is 0.440. The van der Waals surface area contributed by atoms with Gasteiger partial charge in [-0.05, 0) is 29.7 Å². The molecule has 2 aromatic carbocycles. The number of rotatable bonds is 6. The number of nitrogens with zero attached hydrogens (tertiary/aromatic N) is 3. The van der Waals surface area contributed by atoms with Crippen LogP contribution in [0, 0.1) is 0 Å². The zero-order valence-corrected chi connectivity index (χ0v) is 18.3. The number of nitrogens with one attached hydrogen (secondary N) is 1. The second-order valence-electron chi connectivity index (χ2n) is 8.25. The van der Waals surface area contributed by atoms with Crippen LogP contribution in [0.5, 0.6) is 5.75 Å². The monoisotopic (exact) mass is 420 g/mol. The molecule has 0 spiro atoms. The third kappa shape index (κ3) is 5.78. The Balaban J connectivity index is 1.23. The van der Waals surface area contributed by atoms with E-state index in [1.54, 1.807) is 0 Å². The molecule has 2 aliphatic rings. The van der Waals surface area contributed by atoms with Crippen molar-refractivity contribution in [3.05, 3.63) is 65.7 Å². The molecule has 0 bridgehead atoms. The summed E-state index contributed by atoms with van der Waals surface area (Å²) in [5, 5.41) is 3.49. The van der Waals surface area contributed by atoms with Crippen molar-refractivity contribution in [2.45, 2.75) is 44.9 Å². The van der Waals surface area contributed by atoms with Crippen molar-refractivity contribution in [1.29, 1.82) is 0 Å². The SMILES string of the molecule is CN=C(NCc1ccc(CN2CCCC2=O)cc1)N1CCC(Oc2ccccc2)CC1. The molecule has 2 aromatic rings. The van der Waals surface area contributed by atoms with Gasteiger partial charge in [-0.1, -0.05) is 42.5 Å². The standard InChI is InChI=1S/C25H32N4O2/c1-26-25(28-16-13-23(14-17-28)31-22-6-3-2-4-7-22)27-18-20-9-11-21(12-10-20)19-29-15-5-8-24(29)30/h2-4,6-7,9-12,23H,5,8,13-19H2,1H3,(H,26,27). The first kappa shape index (κ1) is 21.2. The van der Waals surface area contributed by atoms with Crippen LogP contribution in [0.25, 0.3) is 0 Å². The maximum Gasteiger partial charge on any atom is 0.222 e. The molecule has 6 heteroatoms. The Morgan fingerprint density at radius 3 is 2.39 bits per heavy atom. The summed E-state index contributed by atoms with van der Waals surface area (Å²) in [7, 11) is 1.84. The first-order valence-corrected chi connectivity index (χ1v) is 11.2. The molecule has 1 N–H and O–H groups in total. The predicted molar refractivity (Wildman–Crippen MR) is 123 cm³/mol. The van der Waals surface area contributed by atoms with Crippen LogP contribution in [0.1, 0.15) is 36.8 Å². The molecule has 0 radical (unpaired) electrons. The molecule has 2 saturated heterocycles. The Kier molecular flexibility index (Phi) is 7.07. The maximum absolute atomic E-state index is 11.8. The molecular weight excluding hydrogens is 388 g/mol. The van der Waals surface area contributed by atoms with Gasteiger partial charge in [0.25, 0.3) is 0 Å². The van der Waals surface area contributed by atoms with Crippen LogP contribution in [-0.2, 0) is 17.9 Å². The van der Waals surface area contributed by atoms with Crippen molar-refractivity contribution in [2.24, 2.45) is 4.99 Å². The number of aliphatic imine (C=N–C) groups is 1. The van der Waals surface area contributed by atoms with E-state index in [9.17, 15) is 4.79 Å². The van der Waals surface area contributed by atoms with E-state index in [0.29, 0.717) is 13.0 Å². The van der Waals surface area contributed by atoms with Crippen molar-refractivity contribution >= 4 is 11.9 Å². The lowest BCUT2D eigenvalue weighted by Crippen LogP contribution is -2.47. The number of para-hydroxylation sites is 1. The normalized spacial score (nSPS) is 17.8. The van der Waals surface area contributed by atoms with Gasteiger partial charge in [0.1, 0.15) is 11.9 Å². The lowest BCUT2D eigenvalue weighted by atomic mass is 10.1. The molecule has 0 atom stereocenters. The van der Waals surface area contributed by atoms with Gasteiger partial charge in [0.2, 0.25) is 5.91 Å². The zero-order valence-electron chi connectivity index (χ0n) is 18.3. The Morgan fingerprint density at radius 1 is 1.03 bits per heavy atom. The van der Waals surface area contributed by atoms with Crippen molar-refractivity contribution in [2.75, 3.05) is 26.7 Å². The van der Waals surface area contributed by atoms with E-state index in [2.05, 4.69) is 39.5 Å². The van der Waals surface area contributed by atoms with Crippen LogP contribution < -0.4 is 10.1 Å². The molecule has 1 amide bonds. The van der Waals surface area contributed by atoms with Gasteiger partial charge in [-0.25, -0.2) is 0 Å². The molecule has 4 rings (SSSR count). The van der Waals surface area contributed by atoms with Crippen LogP contribution in [-0.4, -0.2) is 54.5 Å². The summed E-state index contributed by atoms with van der Waals surface area (Å²) >= 11 is 0. The number of hydrogen-bond donors (Lipinski definition) is 1. The molecule has 0 saturated carbocycles. The van der Waals surface area contributed by atoms with Crippen molar-refractivity contribution in [3.8, 4) is 5.75 Å². The van der Waals surface area contributed by atoms with Gasteiger partial charge in [0.05, 0.1) is 0 Å². The second-order valence-corrected chi connectivity index (χ2v) is 8.25. The molecule has 2 aliphatic heterocycles. The fourth-order valence-electron chi connectivity index (χ4n) is 4.24. The van der Waals surface area contributed by atoms with Crippen molar-refractivity contribution in [3.63, 3.8) is 0 Å². The number of hydrogen-bond acceptors (Lipinski definition) is 3. The molecule has 0 aromatic heterocycles.